The number of carbonyl (C=O) groups is 1. The molecule has 0 heterocycles. The van der Waals surface area contributed by atoms with E-state index < -0.39 is 5.97 Å². The first kappa shape index (κ1) is 9.71. The maximum absolute atomic E-state index is 11.0. The van der Waals surface area contributed by atoms with Gasteiger partial charge in [0.15, 0.2) is 0 Å². The van der Waals surface area contributed by atoms with Gasteiger partial charge in [0.2, 0.25) is 0 Å². The van der Waals surface area contributed by atoms with E-state index in [1.807, 2.05) is 38.1 Å². The van der Waals surface area contributed by atoms with E-state index in [0.29, 0.717) is 5.56 Å². The van der Waals surface area contributed by atoms with Crippen LogP contribution >= 0.6 is 0 Å². The third-order valence-electron chi connectivity index (χ3n) is 2.78. The highest BCUT2D eigenvalue weighted by molar-refractivity contribution is 5.98. The average Bonchev–Trinajstić information content (AvgIpc) is 2.19. The number of hydrogen-bond donors (Lipinski definition) is 1. The molecule has 2 heteroatoms. The summed E-state index contributed by atoms with van der Waals surface area (Å²) < 4.78 is 0. The quantitative estimate of drug-likeness (QED) is 0.767. The molecular weight excluding hydrogens is 188 g/mol. The molecule has 2 aromatic carbocycles. The van der Waals surface area contributed by atoms with E-state index in [9.17, 15) is 4.79 Å². The Bertz CT molecular complexity index is 541. The minimum atomic E-state index is -0.865. The topological polar surface area (TPSA) is 37.3 Å². The van der Waals surface area contributed by atoms with Crippen LogP contribution in [0.25, 0.3) is 10.8 Å². The Morgan fingerprint density at radius 2 is 1.80 bits per heavy atom. The lowest BCUT2D eigenvalue weighted by Crippen LogP contribution is -2.00. The Kier molecular flexibility index (Phi) is 2.19. The van der Waals surface area contributed by atoms with Gasteiger partial charge in [0.25, 0.3) is 0 Å². The monoisotopic (exact) mass is 200 g/mol. The molecule has 0 aliphatic heterocycles. The van der Waals surface area contributed by atoms with Crippen LogP contribution < -0.4 is 0 Å². The minimum absolute atomic E-state index is 0.383. The van der Waals surface area contributed by atoms with Crippen molar-refractivity contribution in [2.75, 3.05) is 0 Å². The number of carboxylic acids is 1. The van der Waals surface area contributed by atoms with Crippen LogP contribution in [0, 0.1) is 13.8 Å². The van der Waals surface area contributed by atoms with Gasteiger partial charge in [-0.1, -0.05) is 24.3 Å². The fraction of sp³-hybridized carbons (Fsp3) is 0.154. The lowest BCUT2D eigenvalue weighted by molar-refractivity contribution is 0.0696. The van der Waals surface area contributed by atoms with Gasteiger partial charge in [-0.3, -0.25) is 0 Å². The molecule has 2 rings (SSSR count). The van der Waals surface area contributed by atoms with E-state index >= 15 is 0 Å². The highest BCUT2D eigenvalue weighted by atomic mass is 16.4. The number of aromatic carboxylic acids is 1. The predicted molar refractivity (Wildman–Crippen MR) is 60.4 cm³/mol. The van der Waals surface area contributed by atoms with Gasteiger partial charge in [0, 0.05) is 0 Å². The summed E-state index contributed by atoms with van der Waals surface area (Å²) in [6.45, 7) is 3.88. The summed E-state index contributed by atoms with van der Waals surface area (Å²) in [4.78, 5) is 11.0. The van der Waals surface area contributed by atoms with Crippen LogP contribution in [0.2, 0.25) is 0 Å². The first-order valence-corrected chi connectivity index (χ1v) is 4.83. The number of rotatable bonds is 1. The van der Waals surface area contributed by atoms with E-state index in [0.717, 1.165) is 16.3 Å². The zero-order valence-corrected chi connectivity index (χ0v) is 8.74. The van der Waals surface area contributed by atoms with Crippen molar-refractivity contribution >= 4 is 16.7 Å². The first-order chi connectivity index (χ1) is 7.11. The molecule has 0 radical (unpaired) electrons. The minimum Gasteiger partial charge on any atom is -0.478 e. The van der Waals surface area contributed by atoms with Gasteiger partial charge in [-0.25, -0.2) is 4.79 Å². The van der Waals surface area contributed by atoms with E-state index in [-0.39, 0.29) is 0 Å². The van der Waals surface area contributed by atoms with Crippen LogP contribution in [-0.2, 0) is 0 Å². The van der Waals surface area contributed by atoms with Crippen LogP contribution in [0.1, 0.15) is 21.5 Å². The lowest BCUT2D eigenvalue weighted by Gasteiger charge is -2.07. The summed E-state index contributed by atoms with van der Waals surface area (Å²) in [5, 5.41) is 11.1. The molecule has 0 saturated carbocycles. The van der Waals surface area contributed by atoms with Crippen LogP contribution in [0.3, 0.4) is 0 Å². The summed E-state index contributed by atoms with van der Waals surface area (Å²) in [5.74, 6) is -0.865. The molecule has 0 saturated heterocycles. The Labute approximate surface area is 88.2 Å². The maximum atomic E-state index is 11.0. The van der Waals surface area contributed by atoms with Crippen LogP contribution in [-0.4, -0.2) is 11.1 Å². The summed E-state index contributed by atoms with van der Waals surface area (Å²) in [6, 6.07) is 9.50. The second-order valence-electron chi connectivity index (χ2n) is 3.71. The molecule has 0 aliphatic rings. The van der Waals surface area contributed by atoms with Crippen molar-refractivity contribution in [3.05, 3.63) is 47.0 Å². The highest BCUT2D eigenvalue weighted by Crippen LogP contribution is 2.24. The molecule has 0 aliphatic carbocycles. The van der Waals surface area contributed by atoms with Gasteiger partial charge < -0.3 is 5.11 Å². The average molecular weight is 200 g/mol. The summed E-state index contributed by atoms with van der Waals surface area (Å²) in [6.07, 6.45) is 0. The van der Waals surface area contributed by atoms with E-state index in [2.05, 4.69) is 0 Å². The van der Waals surface area contributed by atoms with Gasteiger partial charge in [-0.2, -0.15) is 0 Å². The van der Waals surface area contributed by atoms with Crippen molar-refractivity contribution in [2.24, 2.45) is 0 Å². The Hall–Kier alpha value is -1.83. The molecule has 0 fully saturated rings. The molecule has 0 spiro atoms. The van der Waals surface area contributed by atoms with E-state index in [1.165, 1.54) is 5.56 Å². The molecule has 0 unspecified atom stereocenters. The number of aryl methyl sites for hydroxylation is 2. The molecule has 0 amide bonds. The van der Waals surface area contributed by atoms with Crippen molar-refractivity contribution in [2.45, 2.75) is 13.8 Å². The summed E-state index contributed by atoms with van der Waals surface area (Å²) in [7, 11) is 0. The SMILES string of the molecule is Cc1cccc2c(C)c(C(=O)O)ccc12. The number of benzene rings is 2. The zero-order valence-electron chi connectivity index (χ0n) is 8.74. The standard InChI is InChI=1S/C13H12O2/c1-8-4-3-5-11-9(2)12(13(14)15)7-6-10(8)11/h3-7H,1-2H3,(H,14,15). The fourth-order valence-corrected chi connectivity index (χ4v) is 1.90. The molecule has 2 nitrogen and oxygen atoms in total. The van der Waals surface area contributed by atoms with Crippen molar-refractivity contribution < 1.29 is 9.90 Å². The van der Waals surface area contributed by atoms with E-state index in [1.54, 1.807) is 6.07 Å². The third kappa shape index (κ3) is 1.48. The second kappa shape index (κ2) is 3.39. The molecule has 0 aromatic heterocycles. The lowest BCUT2D eigenvalue weighted by atomic mass is 9.97. The van der Waals surface area contributed by atoms with E-state index in [4.69, 9.17) is 5.11 Å². The fourth-order valence-electron chi connectivity index (χ4n) is 1.90. The van der Waals surface area contributed by atoms with Crippen LogP contribution in [0.5, 0.6) is 0 Å². The molecule has 2 aromatic rings. The van der Waals surface area contributed by atoms with Gasteiger partial charge >= 0.3 is 5.97 Å². The Morgan fingerprint density at radius 1 is 1.07 bits per heavy atom. The van der Waals surface area contributed by atoms with Crippen molar-refractivity contribution in [1.29, 1.82) is 0 Å². The van der Waals surface area contributed by atoms with Gasteiger partial charge in [0.05, 0.1) is 5.56 Å². The van der Waals surface area contributed by atoms with Crippen molar-refractivity contribution in [1.82, 2.24) is 0 Å². The summed E-state index contributed by atoms with van der Waals surface area (Å²) >= 11 is 0. The number of carboxylic acid groups (broad SMARTS) is 1. The molecule has 1 N–H and O–H groups in total. The number of hydrogen-bond acceptors (Lipinski definition) is 1. The first-order valence-electron chi connectivity index (χ1n) is 4.83. The predicted octanol–water partition coefficient (Wildman–Crippen LogP) is 3.15. The number of fused-ring (bicyclic) bond motifs is 1. The van der Waals surface area contributed by atoms with Gasteiger partial charge in [-0.05, 0) is 41.8 Å². The molecular formula is C13H12O2. The van der Waals surface area contributed by atoms with Crippen molar-refractivity contribution in [3.8, 4) is 0 Å². The zero-order chi connectivity index (χ0) is 11.0. The Morgan fingerprint density at radius 3 is 2.47 bits per heavy atom. The normalized spacial score (nSPS) is 10.5. The third-order valence-corrected chi connectivity index (χ3v) is 2.78. The van der Waals surface area contributed by atoms with Crippen molar-refractivity contribution in [3.63, 3.8) is 0 Å². The molecule has 0 atom stereocenters. The summed E-state index contributed by atoms with van der Waals surface area (Å²) in [5.41, 5.74) is 2.39. The van der Waals surface area contributed by atoms with Crippen LogP contribution in [0.15, 0.2) is 30.3 Å². The smallest absolute Gasteiger partial charge is 0.335 e. The molecule has 0 bridgehead atoms. The largest absolute Gasteiger partial charge is 0.478 e. The Balaban J connectivity index is 2.86. The highest BCUT2D eigenvalue weighted by Gasteiger charge is 2.09. The molecule has 76 valence electrons. The van der Waals surface area contributed by atoms with Gasteiger partial charge in [-0.15, -0.1) is 0 Å². The van der Waals surface area contributed by atoms with Crippen LogP contribution in [0.4, 0.5) is 0 Å². The second-order valence-corrected chi connectivity index (χ2v) is 3.71. The maximum Gasteiger partial charge on any atom is 0.335 e. The molecule has 15 heavy (non-hydrogen) atoms. The van der Waals surface area contributed by atoms with Gasteiger partial charge in [0.1, 0.15) is 0 Å².